The van der Waals surface area contributed by atoms with E-state index in [1.165, 1.54) is 17.0 Å². The first kappa shape index (κ1) is 19.9. The summed E-state index contributed by atoms with van der Waals surface area (Å²) in [7, 11) is 1.88. The number of amides is 1. The molecule has 30 heavy (non-hydrogen) atoms. The fourth-order valence-electron chi connectivity index (χ4n) is 3.55. The molecule has 1 aliphatic rings. The zero-order valence-electron chi connectivity index (χ0n) is 16.7. The third kappa shape index (κ3) is 3.72. The summed E-state index contributed by atoms with van der Waals surface area (Å²) >= 11 is 0. The maximum atomic E-state index is 14.5. The number of anilines is 2. The van der Waals surface area contributed by atoms with E-state index in [2.05, 4.69) is 16.9 Å². The molecule has 0 bridgehead atoms. The van der Waals surface area contributed by atoms with Gasteiger partial charge in [-0.3, -0.25) is 4.79 Å². The van der Waals surface area contributed by atoms with Gasteiger partial charge in [0.2, 0.25) is 11.8 Å². The van der Waals surface area contributed by atoms with Crippen LogP contribution in [-0.4, -0.2) is 45.7 Å². The van der Waals surface area contributed by atoms with E-state index in [0.717, 1.165) is 22.5 Å². The number of nitrogens with zero attached hydrogens (tertiary/aromatic N) is 3. The van der Waals surface area contributed by atoms with Crippen molar-refractivity contribution < 1.29 is 18.3 Å². The van der Waals surface area contributed by atoms with Crippen LogP contribution in [0.3, 0.4) is 0 Å². The molecule has 1 N–H and O–H groups in total. The Morgan fingerprint density at radius 2 is 2.13 bits per heavy atom. The van der Waals surface area contributed by atoms with E-state index in [4.69, 9.17) is 4.74 Å². The summed E-state index contributed by atoms with van der Waals surface area (Å²) in [5.74, 6) is 0.00178. The number of nitrogens with one attached hydrogen (secondary N) is 1. The maximum Gasteiger partial charge on any atom is 0.246 e. The molecule has 2 aromatic heterocycles. The number of carbonyl (C=O) groups excluding carboxylic acids is 1. The predicted molar refractivity (Wildman–Crippen MR) is 111 cm³/mol. The first-order valence-electron chi connectivity index (χ1n) is 9.57. The van der Waals surface area contributed by atoms with Crippen LogP contribution in [0, 0.1) is 12.7 Å². The van der Waals surface area contributed by atoms with Gasteiger partial charge >= 0.3 is 0 Å². The molecule has 3 aromatic rings. The van der Waals surface area contributed by atoms with E-state index in [-0.39, 0.29) is 30.7 Å². The molecule has 1 amide bonds. The Balaban J connectivity index is 1.67. The Hall–Kier alpha value is -3.42. The quantitative estimate of drug-likeness (QED) is 0.647. The second-order valence-corrected chi connectivity index (χ2v) is 7.38. The summed E-state index contributed by atoms with van der Waals surface area (Å²) in [6.07, 6.45) is 0.840. The molecule has 1 saturated heterocycles. The minimum atomic E-state index is -1.34. The zero-order valence-corrected chi connectivity index (χ0v) is 16.7. The minimum Gasteiger partial charge on any atom is -0.469 e. The first-order chi connectivity index (χ1) is 14.4. The molecule has 0 radical (unpaired) electrons. The lowest BCUT2D eigenvalue weighted by molar-refractivity contribution is -0.125. The number of hydrogen-bond acceptors (Lipinski definition) is 4. The number of aromatic nitrogens is 2. The number of aryl methyl sites for hydroxylation is 2. The van der Waals surface area contributed by atoms with Crippen LogP contribution in [0.25, 0.3) is 10.9 Å². The normalized spacial score (nSPS) is 18.6. The number of halogens is 2. The van der Waals surface area contributed by atoms with Crippen molar-refractivity contribution in [3.63, 3.8) is 0 Å². The average molecular weight is 412 g/mol. The highest BCUT2D eigenvalue weighted by Gasteiger charge is 2.37. The van der Waals surface area contributed by atoms with Crippen LogP contribution in [0.4, 0.5) is 20.3 Å². The van der Waals surface area contributed by atoms with Gasteiger partial charge < -0.3 is 19.5 Å². The molecule has 4 rings (SSSR count). The molecule has 1 aliphatic heterocycles. The van der Waals surface area contributed by atoms with Crippen LogP contribution in [0.5, 0.6) is 5.88 Å². The summed E-state index contributed by atoms with van der Waals surface area (Å²) in [4.78, 5) is 17.7. The molecule has 3 heterocycles. The Labute approximate surface area is 172 Å². The van der Waals surface area contributed by atoms with Crippen LogP contribution in [0.1, 0.15) is 5.56 Å². The molecule has 1 aromatic carbocycles. The highest BCUT2D eigenvalue weighted by Crippen LogP contribution is 2.31. The highest BCUT2D eigenvalue weighted by molar-refractivity contribution is 5.88. The third-order valence-electron chi connectivity index (χ3n) is 5.26. The van der Waals surface area contributed by atoms with E-state index in [0.29, 0.717) is 11.5 Å². The number of ether oxygens (including phenoxy) is 1. The van der Waals surface area contributed by atoms with E-state index < -0.39 is 12.3 Å². The Bertz CT molecular complexity index is 1130. The maximum absolute atomic E-state index is 14.5. The topological polar surface area (TPSA) is 59.4 Å². The lowest BCUT2D eigenvalue weighted by Crippen LogP contribution is -2.30. The Kier molecular flexibility index (Phi) is 5.15. The van der Waals surface area contributed by atoms with E-state index in [9.17, 15) is 13.6 Å². The first-order valence-corrected chi connectivity index (χ1v) is 9.57. The fraction of sp³-hybridized carbons (Fsp3) is 0.273. The summed E-state index contributed by atoms with van der Waals surface area (Å²) in [6, 6.07) is 8.11. The Morgan fingerprint density at radius 3 is 2.90 bits per heavy atom. The number of pyridine rings is 1. The largest absolute Gasteiger partial charge is 0.469 e. The number of hydrogen-bond donors (Lipinski definition) is 1. The summed E-state index contributed by atoms with van der Waals surface area (Å²) in [5.41, 5.74) is 2.25. The monoisotopic (exact) mass is 412 g/mol. The molecule has 156 valence electrons. The van der Waals surface area contributed by atoms with E-state index in [1.54, 1.807) is 6.07 Å². The van der Waals surface area contributed by atoms with E-state index >= 15 is 0 Å². The number of likely N-dealkylation sites (tertiary alicyclic amines) is 1. The second kappa shape index (κ2) is 7.78. The van der Waals surface area contributed by atoms with Gasteiger partial charge in [-0.2, -0.15) is 4.98 Å². The van der Waals surface area contributed by atoms with Gasteiger partial charge in [0.15, 0.2) is 12.3 Å². The minimum absolute atomic E-state index is 0.0477. The zero-order chi connectivity index (χ0) is 21.4. The fourth-order valence-corrected chi connectivity index (χ4v) is 3.55. The van der Waals surface area contributed by atoms with Crippen molar-refractivity contribution in [2.24, 2.45) is 7.05 Å². The standard InChI is InChI=1S/C22H22F2N4O2/c1-4-21(29)28-11-16(24)19(12-28)30-22-15-7-8-27(3)18(15)10-20(26-22)25-17-9-14(23)6-5-13(17)2/h4-10,16,19H,1,11-12H2,2-3H3,(H,25,26)/t16-,19+/m0/s1. The van der Waals surface area contributed by atoms with Gasteiger partial charge in [0.25, 0.3) is 0 Å². The van der Waals surface area contributed by atoms with Gasteiger partial charge in [0.05, 0.1) is 24.0 Å². The van der Waals surface area contributed by atoms with Crippen LogP contribution < -0.4 is 10.1 Å². The van der Waals surface area contributed by atoms with Crippen molar-refractivity contribution in [2.75, 3.05) is 18.4 Å². The van der Waals surface area contributed by atoms with Gasteiger partial charge in [-0.05, 0) is 36.8 Å². The van der Waals surface area contributed by atoms with E-state index in [1.807, 2.05) is 36.9 Å². The summed E-state index contributed by atoms with van der Waals surface area (Å²) < 4.78 is 36.0. The highest BCUT2D eigenvalue weighted by atomic mass is 19.1. The van der Waals surface area contributed by atoms with Gasteiger partial charge in [-0.15, -0.1) is 0 Å². The van der Waals surface area contributed by atoms with Crippen molar-refractivity contribution in [3.05, 3.63) is 60.6 Å². The van der Waals surface area contributed by atoms with Crippen molar-refractivity contribution in [3.8, 4) is 5.88 Å². The van der Waals surface area contributed by atoms with Crippen molar-refractivity contribution in [1.29, 1.82) is 0 Å². The number of alkyl halides is 1. The van der Waals surface area contributed by atoms with Gasteiger partial charge in [0, 0.05) is 25.0 Å². The summed E-state index contributed by atoms with van der Waals surface area (Å²) in [5, 5.41) is 3.84. The Morgan fingerprint density at radius 1 is 1.33 bits per heavy atom. The van der Waals surface area contributed by atoms with Crippen LogP contribution in [0.2, 0.25) is 0 Å². The van der Waals surface area contributed by atoms with Crippen LogP contribution in [-0.2, 0) is 11.8 Å². The lowest BCUT2D eigenvalue weighted by Gasteiger charge is -2.17. The average Bonchev–Trinajstić information content (AvgIpc) is 3.27. The van der Waals surface area contributed by atoms with Crippen molar-refractivity contribution in [2.45, 2.75) is 19.2 Å². The number of rotatable bonds is 5. The second-order valence-electron chi connectivity index (χ2n) is 7.38. The molecule has 0 spiro atoms. The van der Waals surface area contributed by atoms with Gasteiger partial charge in [0.1, 0.15) is 11.6 Å². The molecule has 2 atom stereocenters. The molecule has 0 aliphatic carbocycles. The van der Waals surface area contributed by atoms with Crippen LogP contribution >= 0.6 is 0 Å². The molecule has 1 fully saturated rings. The molecule has 6 nitrogen and oxygen atoms in total. The SMILES string of the molecule is C=CC(=O)N1C[C@H](F)[C@H](Oc2nc(Nc3cc(F)ccc3C)cc3c2ccn3C)C1. The van der Waals surface area contributed by atoms with Gasteiger partial charge in [-0.25, -0.2) is 8.78 Å². The molecule has 0 saturated carbocycles. The number of carbonyl (C=O) groups is 1. The smallest absolute Gasteiger partial charge is 0.246 e. The lowest BCUT2D eigenvalue weighted by atomic mass is 10.2. The predicted octanol–water partition coefficient (Wildman–Crippen LogP) is 3.88. The van der Waals surface area contributed by atoms with Crippen LogP contribution in [0.15, 0.2) is 49.2 Å². The third-order valence-corrected chi connectivity index (χ3v) is 5.26. The molecular formula is C22H22F2N4O2. The van der Waals surface area contributed by atoms with Crippen molar-refractivity contribution >= 4 is 28.3 Å². The number of benzene rings is 1. The van der Waals surface area contributed by atoms with Gasteiger partial charge in [-0.1, -0.05) is 12.6 Å². The molecule has 0 unspecified atom stereocenters. The molecule has 8 heteroatoms. The van der Waals surface area contributed by atoms with Crippen molar-refractivity contribution in [1.82, 2.24) is 14.5 Å². The number of fused-ring (bicyclic) bond motifs is 1. The molecular weight excluding hydrogens is 390 g/mol. The summed E-state index contributed by atoms with van der Waals surface area (Å²) in [6.45, 7) is 5.37.